The van der Waals surface area contributed by atoms with E-state index in [9.17, 15) is 13.2 Å². The standard InChI is InChI=1S/C23H27N3O3S/c27-23(17-25-11-10-19-4-1-2-7-22(19)25)24-12-14-26(15-13-24)30(28,29)21-9-8-18-5-3-6-20(18)16-21/h1-2,4,7-9,16H,3,5-6,10-15,17H2. The molecule has 1 amide bonds. The van der Waals surface area contributed by atoms with Gasteiger partial charge in [-0.3, -0.25) is 4.79 Å². The Labute approximate surface area is 178 Å². The zero-order valence-electron chi connectivity index (χ0n) is 17.1. The van der Waals surface area contributed by atoms with Crippen molar-refractivity contribution in [3.05, 3.63) is 59.2 Å². The minimum atomic E-state index is -3.51. The Morgan fingerprint density at radius 1 is 0.833 bits per heavy atom. The maximum Gasteiger partial charge on any atom is 0.243 e. The number of carbonyl (C=O) groups is 1. The molecular formula is C23H27N3O3S. The van der Waals surface area contributed by atoms with Crippen molar-refractivity contribution in [2.75, 3.05) is 44.2 Å². The molecule has 7 heteroatoms. The lowest BCUT2D eigenvalue weighted by atomic mass is 10.1. The maximum absolute atomic E-state index is 13.1. The van der Waals surface area contributed by atoms with Gasteiger partial charge in [-0.2, -0.15) is 4.31 Å². The SMILES string of the molecule is O=C(CN1CCc2ccccc21)N1CCN(S(=O)(=O)c2ccc3c(c2)CCC3)CC1. The summed E-state index contributed by atoms with van der Waals surface area (Å²) in [5.41, 5.74) is 4.86. The molecule has 0 unspecified atom stereocenters. The Bertz CT molecular complexity index is 1070. The van der Waals surface area contributed by atoms with Crippen molar-refractivity contribution in [1.82, 2.24) is 9.21 Å². The molecule has 2 aromatic rings. The largest absolute Gasteiger partial charge is 0.362 e. The summed E-state index contributed by atoms with van der Waals surface area (Å²) in [4.78, 5) is 17.2. The number of rotatable bonds is 4. The molecule has 1 saturated heterocycles. The van der Waals surface area contributed by atoms with Gasteiger partial charge in [-0.05, 0) is 60.6 Å². The second-order valence-corrected chi connectivity index (χ2v) is 10.3. The fraction of sp³-hybridized carbons (Fsp3) is 0.435. The van der Waals surface area contributed by atoms with E-state index >= 15 is 0 Å². The van der Waals surface area contributed by atoms with Crippen molar-refractivity contribution in [1.29, 1.82) is 0 Å². The molecule has 30 heavy (non-hydrogen) atoms. The third-order valence-electron chi connectivity index (χ3n) is 6.61. The second kappa shape index (κ2) is 7.71. The summed E-state index contributed by atoms with van der Waals surface area (Å²) in [6, 6.07) is 13.8. The molecule has 0 aromatic heterocycles. The minimum absolute atomic E-state index is 0.0706. The number of amides is 1. The highest BCUT2D eigenvalue weighted by Crippen LogP contribution is 2.28. The normalized spacial score (nSPS) is 19.1. The third kappa shape index (κ3) is 3.50. The molecule has 0 bridgehead atoms. The lowest BCUT2D eigenvalue weighted by Crippen LogP contribution is -2.52. The monoisotopic (exact) mass is 425 g/mol. The number of piperazine rings is 1. The fourth-order valence-electron chi connectivity index (χ4n) is 4.87. The molecule has 5 rings (SSSR count). The van der Waals surface area contributed by atoms with Crippen LogP contribution >= 0.6 is 0 Å². The van der Waals surface area contributed by atoms with Gasteiger partial charge >= 0.3 is 0 Å². The molecule has 2 heterocycles. The first-order valence-corrected chi connectivity index (χ1v) is 12.2. The van der Waals surface area contributed by atoms with Crippen molar-refractivity contribution in [2.45, 2.75) is 30.6 Å². The van der Waals surface area contributed by atoms with E-state index in [-0.39, 0.29) is 5.91 Å². The van der Waals surface area contributed by atoms with Crippen LogP contribution in [0.15, 0.2) is 47.4 Å². The lowest BCUT2D eigenvalue weighted by Gasteiger charge is -2.35. The number of carbonyl (C=O) groups excluding carboxylic acids is 1. The first-order chi connectivity index (χ1) is 14.5. The summed E-state index contributed by atoms with van der Waals surface area (Å²) < 4.78 is 27.7. The predicted molar refractivity (Wildman–Crippen MR) is 116 cm³/mol. The molecule has 0 saturated carbocycles. The van der Waals surface area contributed by atoms with E-state index in [0.717, 1.165) is 43.5 Å². The Balaban J connectivity index is 1.21. The van der Waals surface area contributed by atoms with Crippen LogP contribution in [0.2, 0.25) is 0 Å². The van der Waals surface area contributed by atoms with E-state index < -0.39 is 10.0 Å². The first kappa shape index (κ1) is 19.6. The summed E-state index contributed by atoms with van der Waals surface area (Å²) in [6.07, 6.45) is 4.07. The molecule has 6 nitrogen and oxygen atoms in total. The van der Waals surface area contributed by atoms with Gasteiger partial charge in [0.1, 0.15) is 0 Å². The first-order valence-electron chi connectivity index (χ1n) is 10.7. The quantitative estimate of drug-likeness (QED) is 0.753. The number of hydrogen-bond acceptors (Lipinski definition) is 4. The number of para-hydroxylation sites is 1. The molecule has 158 valence electrons. The summed E-state index contributed by atoms with van der Waals surface area (Å²) in [7, 11) is -3.51. The van der Waals surface area contributed by atoms with Crippen molar-refractivity contribution in [3.63, 3.8) is 0 Å². The number of aryl methyl sites for hydroxylation is 2. The summed E-state index contributed by atoms with van der Waals surface area (Å²) >= 11 is 0. The van der Waals surface area contributed by atoms with Crippen LogP contribution in [0.3, 0.4) is 0 Å². The third-order valence-corrected chi connectivity index (χ3v) is 8.50. The van der Waals surface area contributed by atoms with Gasteiger partial charge in [0.25, 0.3) is 0 Å². The number of hydrogen-bond donors (Lipinski definition) is 0. The maximum atomic E-state index is 13.1. The smallest absolute Gasteiger partial charge is 0.243 e. The van der Waals surface area contributed by atoms with E-state index in [2.05, 4.69) is 17.0 Å². The molecular weight excluding hydrogens is 398 g/mol. The molecule has 1 fully saturated rings. The number of anilines is 1. The average Bonchev–Trinajstić information content (AvgIpc) is 3.40. The van der Waals surface area contributed by atoms with Gasteiger partial charge in [-0.15, -0.1) is 0 Å². The van der Waals surface area contributed by atoms with E-state index in [4.69, 9.17) is 0 Å². The van der Waals surface area contributed by atoms with E-state index in [1.165, 1.54) is 15.4 Å². The summed E-state index contributed by atoms with van der Waals surface area (Å²) in [5, 5.41) is 0. The van der Waals surface area contributed by atoms with Crippen molar-refractivity contribution in [3.8, 4) is 0 Å². The Morgan fingerprint density at radius 2 is 1.60 bits per heavy atom. The molecule has 2 aliphatic heterocycles. The zero-order chi connectivity index (χ0) is 20.7. The van der Waals surface area contributed by atoms with Gasteiger partial charge in [0.2, 0.25) is 15.9 Å². The Morgan fingerprint density at radius 3 is 2.43 bits per heavy atom. The summed E-state index contributed by atoms with van der Waals surface area (Å²) in [5.74, 6) is 0.0706. The van der Waals surface area contributed by atoms with Gasteiger partial charge in [-0.1, -0.05) is 24.3 Å². The van der Waals surface area contributed by atoms with Crippen molar-refractivity contribution >= 4 is 21.6 Å². The average molecular weight is 426 g/mol. The molecule has 1 aliphatic carbocycles. The van der Waals surface area contributed by atoms with E-state index in [0.29, 0.717) is 37.6 Å². The number of fused-ring (bicyclic) bond motifs is 2. The topological polar surface area (TPSA) is 60.9 Å². The highest BCUT2D eigenvalue weighted by Gasteiger charge is 2.32. The van der Waals surface area contributed by atoms with E-state index in [1.807, 2.05) is 24.3 Å². The highest BCUT2D eigenvalue weighted by molar-refractivity contribution is 7.89. The molecule has 2 aromatic carbocycles. The molecule has 0 atom stereocenters. The van der Waals surface area contributed by atoms with Gasteiger partial charge in [0, 0.05) is 38.4 Å². The zero-order valence-corrected chi connectivity index (χ0v) is 17.9. The van der Waals surface area contributed by atoms with Crippen LogP contribution in [0.4, 0.5) is 5.69 Å². The molecule has 0 N–H and O–H groups in total. The van der Waals surface area contributed by atoms with Crippen LogP contribution < -0.4 is 4.90 Å². The number of benzene rings is 2. The van der Waals surface area contributed by atoms with Gasteiger partial charge < -0.3 is 9.80 Å². The van der Waals surface area contributed by atoms with Crippen molar-refractivity contribution in [2.24, 2.45) is 0 Å². The van der Waals surface area contributed by atoms with E-state index in [1.54, 1.807) is 11.0 Å². The van der Waals surface area contributed by atoms with Crippen molar-refractivity contribution < 1.29 is 13.2 Å². The fourth-order valence-corrected chi connectivity index (χ4v) is 6.34. The second-order valence-electron chi connectivity index (χ2n) is 8.37. The minimum Gasteiger partial charge on any atom is -0.362 e. The van der Waals surface area contributed by atoms with Crippen LogP contribution in [-0.2, 0) is 34.1 Å². The van der Waals surface area contributed by atoms with Gasteiger partial charge in [0.05, 0.1) is 11.4 Å². The van der Waals surface area contributed by atoms with Crippen LogP contribution in [0.1, 0.15) is 23.1 Å². The predicted octanol–water partition coefficient (Wildman–Crippen LogP) is 2.07. The van der Waals surface area contributed by atoms with Crippen LogP contribution in [0, 0.1) is 0 Å². The highest BCUT2D eigenvalue weighted by atomic mass is 32.2. The summed E-state index contributed by atoms with van der Waals surface area (Å²) in [6.45, 7) is 2.80. The molecule has 3 aliphatic rings. The van der Waals surface area contributed by atoms with Crippen LogP contribution in [0.5, 0.6) is 0 Å². The Kier molecular flexibility index (Phi) is 5.03. The van der Waals surface area contributed by atoms with Crippen LogP contribution in [-0.4, -0.2) is 62.8 Å². The molecule has 0 radical (unpaired) electrons. The van der Waals surface area contributed by atoms with Crippen LogP contribution in [0.25, 0.3) is 0 Å². The van der Waals surface area contributed by atoms with Gasteiger partial charge in [-0.25, -0.2) is 8.42 Å². The van der Waals surface area contributed by atoms with Gasteiger partial charge in [0.15, 0.2) is 0 Å². The molecule has 0 spiro atoms. The number of sulfonamides is 1. The number of nitrogens with zero attached hydrogens (tertiary/aromatic N) is 3. The Hall–Kier alpha value is -2.38. The lowest BCUT2D eigenvalue weighted by molar-refractivity contribution is -0.130.